The maximum Gasteiger partial charge on any atom is 0.119 e. The first-order valence-corrected chi connectivity index (χ1v) is 5.71. The summed E-state index contributed by atoms with van der Waals surface area (Å²) >= 11 is 0. The topological polar surface area (TPSA) is 9.23 Å². The summed E-state index contributed by atoms with van der Waals surface area (Å²) < 4.78 is 5.65. The lowest BCUT2D eigenvalue weighted by atomic mass is 9.87. The second kappa shape index (κ2) is 5.61. The molecule has 0 unspecified atom stereocenters. The highest BCUT2D eigenvalue weighted by Crippen LogP contribution is 2.25. The van der Waals surface area contributed by atoms with Crippen LogP contribution in [-0.2, 0) is 5.41 Å². The van der Waals surface area contributed by atoms with Crippen LogP contribution < -0.4 is 4.74 Å². The third-order valence-corrected chi connectivity index (χ3v) is 2.43. The fourth-order valence-electron chi connectivity index (χ4n) is 1.42. The van der Waals surface area contributed by atoms with Crippen LogP contribution in [0.5, 0.6) is 5.75 Å². The largest absolute Gasteiger partial charge is 0.494 e. The number of rotatable bonds is 4. The van der Waals surface area contributed by atoms with Gasteiger partial charge in [0.25, 0.3) is 0 Å². The minimum atomic E-state index is 0.165. The second-order valence-corrected chi connectivity index (χ2v) is 4.93. The van der Waals surface area contributed by atoms with Gasteiger partial charge in [0.1, 0.15) is 5.75 Å². The van der Waals surface area contributed by atoms with Gasteiger partial charge in [0.05, 0.1) is 6.61 Å². The third-order valence-electron chi connectivity index (χ3n) is 2.43. The van der Waals surface area contributed by atoms with Crippen LogP contribution in [0.3, 0.4) is 0 Å². The van der Waals surface area contributed by atoms with Crippen LogP contribution in [-0.4, -0.2) is 6.61 Å². The summed E-state index contributed by atoms with van der Waals surface area (Å²) in [5.74, 6) is 3.54. The maximum atomic E-state index is 5.65. The van der Waals surface area contributed by atoms with Crippen LogP contribution in [0, 0.1) is 12.3 Å². The minimum absolute atomic E-state index is 0.165. The van der Waals surface area contributed by atoms with Crippen LogP contribution in [0.2, 0.25) is 0 Å². The Balaban J connectivity index is 2.58. The molecule has 1 heteroatoms. The molecule has 0 atom stereocenters. The second-order valence-electron chi connectivity index (χ2n) is 4.93. The first-order chi connectivity index (χ1) is 7.54. The van der Waals surface area contributed by atoms with Gasteiger partial charge >= 0.3 is 0 Å². The highest BCUT2D eigenvalue weighted by atomic mass is 16.5. The molecule has 16 heavy (non-hydrogen) atoms. The van der Waals surface area contributed by atoms with Crippen molar-refractivity contribution in [2.24, 2.45) is 0 Å². The van der Waals surface area contributed by atoms with E-state index in [0.29, 0.717) is 6.61 Å². The van der Waals surface area contributed by atoms with Crippen molar-refractivity contribution in [3.63, 3.8) is 0 Å². The zero-order chi connectivity index (χ0) is 12.0. The lowest BCUT2D eigenvalue weighted by Crippen LogP contribution is -2.11. The molecule has 0 spiro atoms. The first-order valence-electron chi connectivity index (χ1n) is 5.71. The van der Waals surface area contributed by atoms with Gasteiger partial charge in [-0.25, -0.2) is 0 Å². The highest BCUT2D eigenvalue weighted by molar-refractivity contribution is 5.32. The molecule has 0 aromatic heterocycles. The minimum Gasteiger partial charge on any atom is -0.494 e. The monoisotopic (exact) mass is 216 g/mol. The number of terminal acetylenes is 1. The summed E-state index contributed by atoms with van der Waals surface area (Å²) in [4.78, 5) is 0. The molecule has 0 bridgehead atoms. The summed E-state index contributed by atoms with van der Waals surface area (Å²) in [6.45, 7) is 7.29. The van der Waals surface area contributed by atoms with Crippen LogP contribution in [0.1, 0.15) is 39.2 Å². The Morgan fingerprint density at radius 3 is 2.69 bits per heavy atom. The Labute approximate surface area is 98.8 Å². The van der Waals surface area contributed by atoms with Gasteiger partial charge in [-0.05, 0) is 29.5 Å². The number of benzene rings is 1. The summed E-state index contributed by atoms with van der Waals surface area (Å²) in [6.07, 6.45) is 6.87. The smallest absolute Gasteiger partial charge is 0.119 e. The zero-order valence-corrected chi connectivity index (χ0v) is 10.4. The van der Waals surface area contributed by atoms with E-state index in [-0.39, 0.29) is 5.41 Å². The predicted octanol–water partition coefficient (Wildman–Crippen LogP) is 3.78. The Morgan fingerprint density at radius 1 is 1.31 bits per heavy atom. The number of hydrogen-bond acceptors (Lipinski definition) is 1. The Morgan fingerprint density at radius 2 is 2.06 bits per heavy atom. The van der Waals surface area contributed by atoms with Crippen molar-refractivity contribution >= 4 is 0 Å². The molecule has 1 aromatic carbocycles. The van der Waals surface area contributed by atoms with Crippen LogP contribution >= 0.6 is 0 Å². The fourth-order valence-corrected chi connectivity index (χ4v) is 1.42. The summed E-state index contributed by atoms with van der Waals surface area (Å²) in [7, 11) is 0. The van der Waals surface area contributed by atoms with Gasteiger partial charge in [0.2, 0.25) is 0 Å². The van der Waals surface area contributed by atoms with Crippen molar-refractivity contribution in [3.05, 3.63) is 29.8 Å². The van der Waals surface area contributed by atoms with Crippen molar-refractivity contribution in [2.45, 2.75) is 39.0 Å². The molecular formula is C15H20O. The molecule has 0 N–H and O–H groups in total. The van der Waals surface area contributed by atoms with Crippen molar-refractivity contribution in [3.8, 4) is 18.1 Å². The van der Waals surface area contributed by atoms with E-state index in [2.05, 4.69) is 38.8 Å². The van der Waals surface area contributed by atoms with E-state index in [0.717, 1.165) is 18.6 Å². The molecular weight excluding hydrogens is 196 g/mol. The molecule has 0 saturated carbocycles. The molecule has 0 aliphatic heterocycles. The lowest BCUT2D eigenvalue weighted by molar-refractivity contribution is 0.312. The van der Waals surface area contributed by atoms with E-state index in [1.807, 2.05) is 12.1 Å². The molecule has 1 aromatic rings. The lowest BCUT2D eigenvalue weighted by Gasteiger charge is -2.19. The molecule has 1 rings (SSSR count). The van der Waals surface area contributed by atoms with Gasteiger partial charge in [0.15, 0.2) is 0 Å². The quantitative estimate of drug-likeness (QED) is 0.550. The highest BCUT2D eigenvalue weighted by Gasteiger charge is 2.13. The summed E-state index contributed by atoms with van der Waals surface area (Å²) in [6, 6.07) is 8.27. The summed E-state index contributed by atoms with van der Waals surface area (Å²) in [5, 5.41) is 0. The number of unbranched alkanes of at least 4 members (excludes halogenated alkanes) is 1. The SMILES string of the molecule is C#CCCCOc1cccc(C(C)(C)C)c1. The van der Waals surface area contributed by atoms with Crippen LogP contribution in [0.4, 0.5) is 0 Å². The predicted molar refractivity (Wildman–Crippen MR) is 68.7 cm³/mol. The molecule has 0 aliphatic rings. The van der Waals surface area contributed by atoms with E-state index in [4.69, 9.17) is 11.2 Å². The molecule has 1 nitrogen and oxygen atoms in total. The van der Waals surface area contributed by atoms with E-state index in [1.54, 1.807) is 0 Å². The fraction of sp³-hybridized carbons (Fsp3) is 0.467. The van der Waals surface area contributed by atoms with Crippen molar-refractivity contribution in [2.75, 3.05) is 6.61 Å². The van der Waals surface area contributed by atoms with Gasteiger partial charge in [-0.15, -0.1) is 12.3 Å². The van der Waals surface area contributed by atoms with Gasteiger partial charge in [-0.2, -0.15) is 0 Å². The number of ether oxygens (including phenoxy) is 1. The normalized spacial score (nSPS) is 10.9. The standard InChI is InChI=1S/C15H20O/c1-5-6-7-11-16-14-10-8-9-13(12-14)15(2,3)4/h1,8-10,12H,6-7,11H2,2-4H3. The Hall–Kier alpha value is -1.42. The summed E-state index contributed by atoms with van der Waals surface area (Å²) in [5.41, 5.74) is 1.46. The Bertz CT molecular complexity index is 366. The van der Waals surface area contributed by atoms with Gasteiger partial charge in [0, 0.05) is 6.42 Å². The molecule has 0 fully saturated rings. The molecule has 0 heterocycles. The first kappa shape index (κ1) is 12.6. The van der Waals surface area contributed by atoms with E-state index in [9.17, 15) is 0 Å². The van der Waals surface area contributed by atoms with Crippen LogP contribution in [0.25, 0.3) is 0 Å². The van der Waals surface area contributed by atoms with Crippen molar-refractivity contribution in [1.82, 2.24) is 0 Å². The molecule has 86 valence electrons. The average Bonchev–Trinajstić information content (AvgIpc) is 2.24. The van der Waals surface area contributed by atoms with Gasteiger partial charge in [-0.3, -0.25) is 0 Å². The van der Waals surface area contributed by atoms with Crippen molar-refractivity contribution < 1.29 is 4.74 Å². The molecule has 0 aliphatic carbocycles. The van der Waals surface area contributed by atoms with E-state index in [1.165, 1.54) is 5.56 Å². The van der Waals surface area contributed by atoms with Crippen molar-refractivity contribution in [1.29, 1.82) is 0 Å². The van der Waals surface area contributed by atoms with Crippen LogP contribution in [0.15, 0.2) is 24.3 Å². The number of hydrogen-bond donors (Lipinski definition) is 0. The van der Waals surface area contributed by atoms with E-state index < -0.39 is 0 Å². The Kier molecular flexibility index (Phi) is 4.43. The molecule has 0 saturated heterocycles. The molecule has 0 amide bonds. The van der Waals surface area contributed by atoms with Gasteiger partial charge in [-0.1, -0.05) is 32.9 Å². The van der Waals surface area contributed by atoms with E-state index >= 15 is 0 Å². The van der Waals surface area contributed by atoms with Gasteiger partial charge < -0.3 is 4.74 Å². The maximum absolute atomic E-state index is 5.65. The molecule has 0 radical (unpaired) electrons. The average molecular weight is 216 g/mol. The zero-order valence-electron chi connectivity index (χ0n) is 10.4. The third kappa shape index (κ3) is 3.98.